The summed E-state index contributed by atoms with van der Waals surface area (Å²) in [5.41, 5.74) is 0. The monoisotopic (exact) mass is 602 g/mol. The summed E-state index contributed by atoms with van der Waals surface area (Å²) < 4.78 is 10.7. The van der Waals surface area contributed by atoms with Crippen LogP contribution in [0.4, 0.5) is 0 Å². The summed E-state index contributed by atoms with van der Waals surface area (Å²) in [7, 11) is 0. The van der Waals surface area contributed by atoms with Crippen molar-refractivity contribution in [3.8, 4) is 0 Å². The standard InChI is InChI=1S/C34H66O8/c1-28(36)23-21-19-17-15-13-11-9-7-5-3-2-4-6-8-10-12-14-16-18-20-22-24-29(37)25-26-41-34-33(40)32(39)31(38)30(27-35)42-34/h28,30-36,38-40H,2-27H2,1H3/t28?,30-,31-,32+,33-,34-/m1/s1. The van der Waals surface area contributed by atoms with Crippen LogP contribution in [0.15, 0.2) is 0 Å². The number of aliphatic hydroxyl groups is 5. The third-order valence-electron chi connectivity index (χ3n) is 8.59. The molecular formula is C34H66O8. The average Bonchev–Trinajstić information content (AvgIpc) is 2.97. The Kier molecular flexibility index (Phi) is 25.1. The Morgan fingerprint density at radius 1 is 0.619 bits per heavy atom. The van der Waals surface area contributed by atoms with Crippen LogP contribution < -0.4 is 0 Å². The molecule has 1 aliphatic heterocycles. The summed E-state index contributed by atoms with van der Waals surface area (Å²) in [5.74, 6) is 0.103. The van der Waals surface area contributed by atoms with Crippen molar-refractivity contribution < 1.29 is 39.8 Å². The molecule has 250 valence electrons. The first-order valence-electron chi connectivity index (χ1n) is 17.5. The first kappa shape index (κ1) is 39.4. The number of aliphatic hydroxyl groups excluding tert-OH is 5. The first-order chi connectivity index (χ1) is 20.4. The number of carbonyl (C=O) groups excluding carboxylic acids is 1. The first-order valence-corrected chi connectivity index (χ1v) is 17.5. The summed E-state index contributed by atoms with van der Waals surface area (Å²) in [6, 6.07) is 0. The lowest BCUT2D eigenvalue weighted by atomic mass is 9.99. The second kappa shape index (κ2) is 26.8. The van der Waals surface area contributed by atoms with E-state index in [1.165, 1.54) is 122 Å². The molecule has 0 aromatic rings. The van der Waals surface area contributed by atoms with E-state index in [-0.39, 0.29) is 24.9 Å². The highest BCUT2D eigenvalue weighted by Gasteiger charge is 2.43. The Morgan fingerprint density at radius 3 is 1.43 bits per heavy atom. The average molecular weight is 603 g/mol. The number of unbranched alkanes of at least 4 members (excludes halogenated alkanes) is 20. The maximum absolute atomic E-state index is 12.1. The number of carbonyl (C=O) groups is 1. The van der Waals surface area contributed by atoms with Gasteiger partial charge in [-0.3, -0.25) is 4.79 Å². The summed E-state index contributed by atoms with van der Waals surface area (Å²) in [6.45, 7) is 1.45. The SMILES string of the molecule is CC(O)CCCCCCCCCCCCCCCCCCCCCCCC(=O)CCO[C@@H]1O[C@H](CO)[C@@H](O)[C@H](O)[C@H]1O. The van der Waals surface area contributed by atoms with Gasteiger partial charge < -0.3 is 35.0 Å². The van der Waals surface area contributed by atoms with E-state index in [1.807, 2.05) is 6.92 Å². The predicted molar refractivity (Wildman–Crippen MR) is 167 cm³/mol. The molecule has 5 N–H and O–H groups in total. The van der Waals surface area contributed by atoms with Gasteiger partial charge in [-0.15, -0.1) is 0 Å². The minimum Gasteiger partial charge on any atom is -0.394 e. The number of hydrogen-bond acceptors (Lipinski definition) is 8. The van der Waals surface area contributed by atoms with Crippen molar-refractivity contribution in [3.63, 3.8) is 0 Å². The zero-order valence-electron chi connectivity index (χ0n) is 26.8. The van der Waals surface area contributed by atoms with Gasteiger partial charge in [-0.25, -0.2) is 0 Å². The Labute approximate surface area is 256 Å². The van der Waals surface area contributed by atoms with Gasteiger partial charge >= 0.3 is 0 Å². The maximum Gasteiger partial charge on any atom is 0.186 e. The van der Waals surface area contributed by atoms with E-state index in [9.17, 15) is 30.3 Å². The van der Waals surface area contributed by atoms with E-state index in [1.54, 1.807) is 0 Å². The van der Waals surface area contributed by atoms with Gasteiger partial charge in [-0.2, -0.15) is 0 Å². The summed E-state index contributed by atoms with van der Waals surface area (Å²) in [4.78, 5) is 12.1. The van der Waals surface area contributed by atoms with E-state index in [0.29, 0.717) is 6.42 Å². The van der Waals surface area contributed by atoms with Gasteiger partial charge in [-0.05, 0) is 19.8 Å². The minimum absolute atomic E-state index is 0.0648. The molecule has 6 atom stereocenters. The smallest absolute Gasteiger partial charge is 0.186 e. The molecule has 8 heteroatoms. The molecule has 0 saturated carbocycles. The molecule has 1 heterocycles. The second-order valence-corrected chi connectivity index (χ2v) is 12.7. The van der Waals surface area contributed by atoms with Crippen molar-refractivity contribution in [2.45, 2.75) is 198 Å². The van der Waals surface area contributed by atoms with E-state index < -0.39 is 37.3 Å². The van der Waals surface area contributed by atoms with Crippen LogP contribution in [0.2, 0.25) is 0 Å². The molecule has 0 amide bonds. The van der Waals surface area contributed by atoms with Crippen LogP contribution in [0.1, 0.15) is 161 Å². The van der Waals surface area contributed by atoms with Crippen LogP contribution in [0.5, 0.6) is 0 Å². The van der Waals surface area contributed by atoms with E-state index >= 15 is 0 Å². The van der Waals surface area contributed by atoms with Gasteiger partial charge in [0.15, 0.2) is 6.29 Å². The van der Waals surface area contributed by atoms with Gasteiger partial charge in [0, 0.05) is 12.8 Å². The van der Waals surface area contributed by atoms with E-state index in [2.05, 4.69) is 0 Å². The third-order valence-corrected chi connectivity index (χ3v) is 8.59. The van der Waals surface area contributed by atoms with Gasteiger partial charge in [-0.1, -0.05) is 128 Å². The molecule has 0 spiro atoms. The zero-order valence-corrected chi connectivity index (χ0v) is 26.8. The molecule has 42 heavy (non-hydrogen) atoms. The van der Waals surface area contributed by atoms with Crippen molar-refractivity contribution in [2.75, 3.05) is 13.2 Å². The van der Waals surface area contributed by atoms with Crippen LogP contribution in [0.25, 0.3) is 0 Å². The number of ketones is 1. The van der Waals surface area contributed by atoms with Crippen LogP contribution in [0, 0.1) is 0 Å². The van der Waals surface area contributed by atoms with Gasteiger partial charge in [0.05, 0.1) is 19.3 Å². The quantitative estimate of drug-likeness (QED) is 0.0647. The lowest BCUT2D eigenvalue weighted by Gasteiger charge is -2.39. The number of rotatable bonds is 29. The maximum atomic E-state index is 12.1. The van der Waals surface area contributed by atoms with Gasteiger partial charge in [0.2, 0.25) is 0 Å². The van der Waals surface area contributed by atoms with Crippen LogP contribution >= 0.6 is 0 Å². The number of ether oxygens (including phenoxy) is 2. The normalized spacial score (nSPS) is 23.3. The third kappa shape index (κ3) is 20.4. The minimum atomic E-state index is -1.47. The van der Waals surface area contributed by atoms with Gasteiger partial charge in [0.1, 0.15) is 30.2 Å². The molecule has 0 aromatic carbocycles. The predicted octanol–water partition coefficient (Wildman–Crippen LogP) is 6.12. The fourth-order valence-electron chi connectivity index (χ4n) is 5.74. The molecule has 1 aliphatic rings. The molecule has 0 bridgehead atoms. The fraction of sp³-hybridized carbons (Fsp3) is 0.971. The number of hydrogen-bond donors (Lipinski definition) is 5. The molecule has 1 unspecified atom stereocenters. The van der Waals surface area contributed by atoms with Crippen molar-refractivity contribution >= 4 is 5.78 Å². The Morgan fingerprint density at radius 2 is 1.02 bits per heavy atom. The summed E-state index contributed by atoms with van der Waals surface area (Å²) in [6.07, 6.45) is 22.3. The zero-order chi connectivity index (χ0) is 30.8. The molecule has 1 saturated heterocycles. The van der Waals surface area contributed by atoms with Gasteiger partial charge in [0.25, 0.3) is 0 Å². The Hall–Kier alpha value is -0.610. The topological polar surface area (TPSA) is 137 Å². The van der Waals surface area contributed by atoms with E-state index in [4.69, 9.17) is 9.47 Å². The second-order valence-electron chi connectivity index (χ2n) is 12.7. The molecular weight excluding hydrogens is 536 g/mol. The van der Waals surface area contributed by atoms with Crippen molar-refractivity contribution in [1.29, 1.82) is 0 Å². The Bertz CT molecular complexity index is 614. The summed E-state index contributed by atoms with van der Waals surface area (Å²) >= 11 is 0. The molecule has 0 aromatic heterocycles. The Balaban J connectivity index is 1.78. The molecule has 8 nitrogen and oxygen atoms in total. The van der Waals surface area contributed by atoms with E-state index in [0.717, 1.165) is 19.3 Å². The lowest BCUT2D eigenvalue weighted by molar-refractivity contribution is -0.300. The molecule has 0 aliphatic carbocycles. The largest absolute Gasteiger partial charge is 0.394 e. The summed E-state index contributed by atoms with van der Waals surface area (Å²) in [5, 5.41) is 48.0. The van der Waals surface area contributed by atoms with Crippen molar-refractivity contribution in [2.24, 2.45) is 0 Å². The van der Waals surface area contributed by atoms with Crippen LogP contribution in [0.3, 0.4) is 0 Å². The molecule has 0 radical (unpaired) electrons. The van der Waals surface area contributed by atoms with Crippen LogP contribution in [-0.2, 0) is 14.3 Å². The highest BCUT2D eigenvalue weighted by molar-refractivity contribution is 5.78. The van der Waals surface area contributed by atoms with Crippen molar-refractivity contribution in [1.82, 2.24) is 0 Å². The highest BCUT2D eigenvalue weighted by Crippen LogP contribution is 2.22. The van der Waals surface area contributed by atoms with Crippen molar-refractivity contribution in [3.05, 3.63) is 0 Å². The highest BCUT2D eigenvalue weighted by atomic mass is 16.7. The molecule has 1 fully saturated rings. The fourth-order valence-corrected chi connectivity index (χ4v) is 5.74. The molecule has 1 rings (SSSR count). The van der Waals surface area contributed by atoms with Crippen LogP contribution in [-0.4, -0.2) is 81.3 Å². The lowest BCUT2D eigenvalue weighted by Crippen LogP contribution is -2.59. The number of Topliss-reactive ketones (excluding diaryl/α,β-unsaturated/α-hetero) is 1.